The molecule has 5 rings (SSSR count). The Hall–Kier alpha value is -3.98. The van der Waals surface area contributed by atoms with E-state index in [-0.39, 0.29) is 24.5 Å². The summed E-state index contributed by atoms with van der Waals surface area (Å²) in [7, 11) is 0. The van der Waals surface area contributed by atoms with Crippen LogP contribution in [-0.4, -0.2) is 25.9 Å². The average molecular weight is 461 g/mol. The van der Waals surface area contributed by atoms with E-state index in [1.165, 1.54) is 20.5 Å². The Bertz CT molecular complexity index is 1530. The molecule has 0 amide bonds. The molecule has 9 heteroatoms. The molecule has 33 heavy (non-hydrogen) atoms. The first-order valence-corrected chi connectivity index (χ1v) is 11.3. The molecule has 0 fully saturated rings. The molecular weight excluding hydrogens is 440 g/mol. The van der Waals surface area contributed by atoms with Crippen molar-refractivity contribution in [1.82, 2.24) is 19.3 Å². The van der Waals surface area contributed by atoms with Crippen molar-refractivity contribution in [1.29, 1.82) is 0 Å². The summed E-state index contributed by atoms with van der Waals surface area (Å²) in [5, 5.41) is 5.86. The summed E-state index contributed by atoms with van der Waals surface area (Å²) in [6.45, 7) is 2.71. The van der Waals surface area contributed by atoms with E-state index < -0.39 is 5.69 Å². The summed E-state index contributed by atoms with van der Waals surface area (Å²) in [6, 6.07) is 18.6. The lowest BCUT2D eigenvalue weighted by atomic mass is 10.2. The summed E-state index contributed by atoms with van der Waals surface area (Å²) in [5.74, 6) is 1.38. The van der Waals surface area contributed by atoms with Crippen molar-refractivity contribution < 1.29 is 9.26 Å². The molecule has 0 saturated carbocycles. The van der Waals surface area contributed by atoms with Gasteiger partial charge in [0.15, 0.2) is 0 Å². The van der Waals surface area contributed by atoms with Crippen LogP contribution in [0.15, 0.2) is 80.2 Å². The largest absolute Gasteiger partial charge is 0.494 e. The molecule has 0 aliphatic rings. The van der Waals surface area contributed by atoms with E-state index in [2.05, 4.69) is 10.1 Å². The van der Waals surface area contributed by atoms with Crippen molar-refractivity contribution in [2.75, 3.05) is 6.61 Å². The molecule has 0 spiro atoms. The Kier molecular flexibility index (Phi) is 5.62. The number of thiophene rings is 1. The maximum atomic E-state index is 13.3. The predicted molar refractivity (Wildman–Crippen MR) is 126 cm³/mol. The second-order valence-corrected chi connectivity index (χ2v) is 8.27. The summed E-state index contributed by atoms with van der Waals surface area (Å²) < 4.78 is 14.2. The van der Waals surface area contributed by atoms with Crippen LogP contribution in [0.5, 0.6) is 5.75 Å². The lowest BCUT2D eigenvalue weighted by Crippen LogP contribution is -2.40. The maximum Gasteiger partial charge on any atom is 0.332 e. The van der Waals surface area contributed by atoms with E-state index in [9.17, 15) is 9.59 Å². The van der Waals surface area contributed by atoms with Gasteiger partial charge in [-0.15, -0.1) is 11.3 Å². The van der Waals surface area contributed by atoms with Crippen LogP contribution in [0.4, 0.5) is 0 Å². The molecule has 0 radical (unpaired) electrons. The number of fused-ring (bicyclic) bond motifs is 1. The molecule has 3 heterocycles. The highest BCUT2D eigenvalue weighted by molar-refractivity contribution is 7.17. The molecule has 0 N–H and O–H groups in total. The van der Waals surface area contributed by atoms with Gasteiger partial charge < -0.3 is 9.26 Å². The van der Waals surface area contributed by atoms with Gasteiger partial charge in [0.05, 0.1) is 18.7 Å². The van der Waals surface area contributed by atoms with Gasteiger partial charge in [-0.25, -0.2) is 4.79 Å². The third-order valence-electron chi connectivity index (χ3n) is 5.18. The first kappa shape index (κ1) is 20.9. The zero-order chi connectivity index (χ0) is 22.8. The summed E-state index contributed by atoms with van der Waals surface area (Å²) in [4.78, 5) is 30.8. The maximum absolute atomic E-state index is 13.3. The SMILES string of the molecule is CCOc1cccc(-c2noc(Cn3c(=O)n(Cc4ccccc4)c(=O)c4sccc43)n2)c1. The minimum absolute atomic E-state index is 0.0548. The first-order valence-electron chi connectivity index (χ1n) is 10.4. The molecule has 0 unspecified atom stereocenters. The van der Waals surface area contributed by atoms with Gasteiger partial charge in [-0.1, -0.05) is 47.6 Å². The quantitative estimate of drug-likeness (QED) is 0.367. The van der Waals surface area contributed by atoms with Crippen LogP contribution < -0.4 is 16.0 Å². The molecule has 0 atom stereocenters. The number of hydrogen-bond acceptors (Lipinski definition) is 7. The molecule has 0 bridgehead atoms. The van der Waals surface area contributed by atoms with E-state index in [1.54, 1.807) is 11.4 Å². The highest BCUT2D eigenvalue weighted by Crippen LogP contribution is 2.22. The van der Waals surface area contributed by atoms with Gasteiger partial charge in [0.2, 0.25) is 11.7 Å². The normalized spacial score (nSPS) is 11.2. The van der Waals surface area contributed by atoms with Crippen LogP contribution in [0, 0.1) is 0 Å². The van der Waals surface area contributed by atoms with Crippen molar-refractivity contribution in [3.63, 3.8) is 0 Å². The standard InChI is InChI=1S/C24H20N4O4S/c1-2-31-18-10-6-9-17(13-18)22-25-20(32-26-22)15-27-19-11-12-33-21(19)23(29)28(24(27)30)14-16-7-4-3-5-8-16/h3-13H,2,14-15H2,1H3. The summed E-state index contributed by atoms with van der Waals surface area (Å²) in [6.07, 6.45) is 0. The summed E-state index contributed by atoms with van der Waals surface area (Å²) in [5.41, 5.74) is 1.45. The van der Waals surface area contributed by atoms with Crippen molar-refractivity contribution in [3.05, 3.63) is 98.3 Å². The number of rotatable bonds is 7. The van der Waals surface area contributed by atoms with Crippen molar-refractivity contribution >= 4 is 21.6 Å². The summed E-state index contributed by atoms with van der Waals surface area (Å²) >= 11 is 1.31. The lowest BCUT2D eigenvalue weighted by Gasteiger charge is -2.10. The van der Waals surface area contributed by atoms with E-state index >= 15 is 0 Å². The van der Waals surface area contributed by atoms with Gasteiger partial charge in [0, 0.05) is 5.56 Å². The van der Waals surface area contributed by atoms with E-state index in [1.807, 2.05) is 61.5 Å². The number of aromatic nitrogens is 4. The highest BCUT2D eigenvalue weighted by Gasteiger charge is 2.17. The number of hydrogen-bond donors (Lipinski definition) is 0. The lowest BCUT2D eigenvalue weighted by molar-refractivity contribution is 0.340. The zero-order valence-corrected chi connectivity index (χ0v) is 18.6. The molecule has 5 aromatic rings. The van der Waals surface area contributed by atoms with Crippen molar-refractivity contribution in [2.24, 2.45) is 0 Å². The Morgan fingerprint density at radius 1 is 1.00 bits per heavy atom. The van der Waals surface area contributed by atoms with Crippen LogP contribution in [0.3, 0.4) is 0 Å². The van der Waals surface area contributed by atoms with Crippen LogP contribution in [0.2, 0.25) is 0 Å². The van der Waals surface area contributed by atoms with E-state index in [0.717, 1.165) is 11.1 Å². The number of nitrogens with zero attached hydrogens (tertiary/aromatic N) is 4. The monoisotopic (exact) mass is 460 g/mol. The molecular formula is C24H20N4O4S. The average Bonchev–Trinajstić information content (AvgIpc) is 3.51. The van der Waals surface area contributed by atoms with Gasteiger partial charge in [-0.3, -0.25) is 13.9 Å². The molecule has 0 aliphatic heterocycles. The van der Waals surface area contributed by atoms with Crippen molar-refractivity contribution in [2.45, 2.75) is 20.0 Å². The van der Waals surface area contributed by atoms with E-state index in [0.29, 0.717) is 28.4 Å². The molecule has 166 valence electrons. The van der Waals surface area contributed by atoms with Crippen LogP contribution in [-0.2, 0) is 13.1 Å². The third kappa shape index (κ3) is 4.10. The number of ether oxygens (including phenoxy) is 1. The van der Waals surface area contributed by atoms with Crippen LogP contribution in [0.25, 0.3) is 21.6 Å². The second kappa shape index (κ2) is 8.87. The Labute approximate surface area is 192 Å². The zero-order valence-electron chi connectivity index (χ0n) is 17.8. The van der Waals surface area contributed by atoms with Gasteiger partial charge >= 0.3 is 5.69 Å². The van der Waals surface area contributed by atoms with Crippen LogP contribution >= 0.6 is 11.3 Å². The minimum atomic E-state index is -0.423. The minimum Gasteiger partial charge on any atom is -0.494 e. The molecule has 8 nitrogen and oxygen atoms in total. The first-order chi connectivity index (χ1) is 16.1. The molecule has 3 aromatic heterocycles. The van der Waals surface area contributed by atoms with Crippen LogP contribution in [0.1, 0.15) is 18.4 Å². The molecule has 0 saturated heterocycles. The fraction of sp³-hybridized carbons (Fsp3) is 0.167. The molecule has 0 aliphatic carbocycles. The van der Waals surface area contributed by atoms with Gasteiger partial charge in [-0.05, 0) is 36.1 Å². The van der Waals surface area contributed by atoms with Gasteiger partial charge in [0.25, 0.3) is 5.56 Å². The highest BCUT2D eigenvalue weighted by atomic mass is 32.1. The van der Waals surface area contributed by atoms with Gasteiger partial charge in [0.1, 0.15) is 17.0 Å². The fourth-order valence-corrected chi connectivity index (χ4v) is 4.50. The van der Waals surface area contributed by atoms with Crippen molar-refractivity contribution in [3.8, 4) is 17.1 Å². The molecule has 2 aromatic carbocycles. The Morgan fingerprint density at radius 2 is 1.85 bits per heavy atom. The third-order valence-corrected chi connectivity index (χ3v) is 6.08. The Morgan fingerprint density at radius 3 is 2.67 bits per heavy atom. The predicted octanol–water partition coefficient (Wildman–Crippen LogP) is 3.77. The van der Waals surface area contributed by atoms with E-state index in [4.69, 9.17) is 9.26 Å². The smallest absolute Gasteiger partial charge is 0.332 e. The second-order valence-electron chi connectivity index (χ2n) is 7.35. The fourth-order valence-electron chi connectivity index (χ4n) is 3.65. The Balaban J connectivity index is 1.52. The topological polar surface area (TPSA) is 92.2 Å². The van der Waals surface area contributed by atoms with Gasteiger partial charge in [-0.2, -0.15) is 4.98 Å². The number of benzene rings is 2.